The highest BCUT2D eigenvalue weighted by Crippen LogP contribution is 2.28. The van der Waals surface area contributed by atoms with Crippen LogP contribution in [0.5, 0.6) is 11.5 Å². The zero-order valence-corrected chi connectivity index (χ0v) is 16.5. The summed E-state index contributed by atoms with van der Waals surface area (Å²) >= 11 is 0. The number of nitrogens with one attached hydrogen (secondary N) is 1. The molecule has 0 aliphatic rings. The second-order valence-electron chi connectivity index (χ2n) is 6.40. The van der Waals surface area contributed by atoms with E-state index < -0.39 is 4.92 Å². The van der Waals surface area contributed by atoms with Crippen molar-refractivity contribution in [1.29, 1.82) is 0 Å². The molecule has 0 unspecified atom stereocenters. The van der Waals surface area contributed by atoms with Gasteiger partial charge in [-0.05, 0) is 44.2 Å². The van der Waals surface area contributed by atoms with E-state index in [1.165, 1.54) is 12.1 Å². The van der Waals surface area contributed by atoms with Gasteiger partial charge >= 0.3 is 0 Å². The number of nitro groups is 1. The van der Waals surface area contributed by atoms with Gasteiger partial charge in [0.05, 0.1) is 30.9 Å². The molecule has 0 radical (unpaired) electrons. The smallest absolute Gasteiger partial charge is 0.271 e. The van der Waals surface area contributed by atoms with E-state index in [9.17, 15) is 14.9 Å². The summed E-state index contributed by atoms with van der Waals surface area (Å²) in [6, 6.07) is 10.0. The van der Waals surface area contributed by atoms with Gasteiger partial charge < -0.3 is 14.8 Å². The summed E-state index contributed by atoms with van der Waals surface area (Å²) in [5, 5.41) is 13.7. The third-order valence-corrected chi connectivity index (χ3v) is 4.10. The zero-order valence-electron chi connectivity index (χ0n) is 16.5. The Morgan fingerprint density at radius 2 is 1.96 bits per heavy atom. The fourth-order valence-corrected chi connectivity index (χ4v) is 2.75. The molecule has 8 heteroatoms. The summed E-state index contributed by atoms with van der Waals surface area (Å²) in [6.45, 7) is 4.91. The average molecular weight is 387 g/mol. The Bertz CT molecular complexity index is 854. The van der Waals surface area contributed by atoms with Crippen molar-refractivity contribution < 1.29 is 19.2 Å². The Morgan fingerprint density at radius 1 is 1.21 bits per heavy atom. The lowest BCUT2D eigenvalue weighted by atomic mass is 10.1. The van der Waals surface area contributed by atoms with Gasteiger partial charge in [0.25, 0.3) is 5.69 Å². The van der Waals surface area contributed by atoms with E-state index in [0.29, 0.717) is 30.3 Å². The van der Waals surface area contributed by atoms with Crippen molar-refractivity contribution in [2.45, 2.75) is 20.4 Å². The van der Waals surface area contributed by atoms with Crippen molar-refractivity contribution in [1.82, 2.24) is 4.90 Å². The topological polar surface area (TPSA) is 93.9 Å². The van der Waals surface area contributed by atoms with E-state index in [-0.39, 0.29) is 18.1 Å². The normalized spacial score (nSPS) is 10.6. The lowest BCUT2D eigenvalue weighted by molar-refractivity contribution is -0.384. The summed E-state index contributed by atoms with van der Waals surface area (Å²) in [5.41, 5.74) is 2.12. The Hall–Kier alpha value is -3.13. The van der Waals surface area contributed by atoms with Gasteiger partial charge in [-0.15, -0.1) is 0 Å². The third kappa shape index (κ3) is 5.68. The molecule has 28 heavy (non-hydrogen) atoms. The van der Waals surface area contributed by atoms with E-state index >= 15 is 0 Å². The van der Waals surface area contributed by atoms with Crippen LogP contribution in [0.4, 0.5) is 11.4 Å². The molecule has 0 aliphatic carbocycles. The van der Waals surface area contributed by atoms with Crippen LogP contribution in [0.15, 0.2) is 36.4 Å². The lowest BCUT2D eigenvalue weighted by Gasteiger charge is -2.18. The minimum Gasteiger partial charge on any atom is -0.493 e. The minimum absolute atomic E-state index is 0.0595. The minimum atomic E-state index is -0.486. The SMILES string of the molecule is CCOc1ccc(CN(C)CC(=O)Nc2cc([N+](=O)[O-])ccc2C)cc1OC. The van der Waals surface area contributed by atoms with Crippen molar-refractivity contribution >= 4 is 17.3 Å². The molecule has 150 valence electrons. The van der Waals surface area contributed by atoms with Crippen molar-refractivity contribution in [3.63, 3.8) is 0 Å². The number of carbonyl (C=O) groups excluding carboxylic acids is 1. The van der Waals surface area contributed by atoms with Gasteiger partial charge in [-0.3, -0.25) is 19.8 Å². The summed E-state index contributed by atoms with van der Waals surface area (Å²) in [5.74, 6) is 1.07. The molecular formula is C20H25N3O5. The van der Waals surface area contributed by atoms with E-state index in [0.717, 1.165) is 11.1 Å². The molecule has 2 rings (SSSR count). The van der Waals surface area contributed by atoms with Crippen LogP contribution in [0.3, 0.4) is 0 Å². The fraction of sp³-hybridized carbons (Fsp3) is 0.350. The predicted molar refractivity (Wildman–Crippen MR) is 107 cm³/mol. The first-order valence-electron chi connectivity index (χ1n) is 8.87. The number of nitrogens with zero attached hydrogens (tertiary/aromatic N) is 2. The molecule has 0 spiro atoms. The molecule has 0 heterocycles. The number of rotatable bonds is 9. The van der Waals surface area contributed by atoms with Gasteiger partial charge in [0, 0.05) is 18.7 Å². The van der Waals surface area contributed by atoms with Crippen LogP contribution in [-0.4, -0.2) is 43.0 Å². The highest BCUT2D eigenvalue weighted by molar-refractivity contribution is 5.93. The molecule has 1 amide bonds. The molecule has 0 saturated carbocycles. The van der Waals surface area contributed by atoms with Gasteiger partial charge in [0.2, 0.25) is 5.91 Å². The van der Waals surface area contributed by atoms with Gasteiger partial charge in [0.1, 0.15) is 0 Å². The number of aryl methyl sites for hydroxylation is 1. The Kier molecular flexibility index (Phi) is 7.34. The fourth-order valence-electron chi connectivity index (χ4n) is 2.75. The standard InChI is InChI=1S/C20H25N3O5/c1-5-28-18-9-7-15(10-19(18)27-4)12-22(3)13-20(24)21-17-11-16(23(25)26)8-6-14(17)2/h6-11H,5,12-13H2,1-4H3,(H,21,24). The number of carbonyl (C=O) groups is 1. The summed E-state index contributed by atoms with van der Waals surface area (Å²) in [7, 11) is 3.41. The second-order valence-corrected chi connectivity index (χ2v) is 6.40. The van der Waals surface area contributed by atoms with Crippen molar-refractivity contribution in [2.75, 3.05) is 32.6 Å². The first kappa shape index (κ1) is 21.2. The van der Waals surface area contributed by atoms with Gasteiger partial charge in [0.15, 0.2) is 11.5 Å². The highest BCUT2D eigenvalue weighted by Gasteiger charge is 2.13. The van der Waals surface area contributed by atoms with Crippen molar-refractivity contribution in [2.24, 2.45) is 0 Å². The van der Waals surface area contributed by atoms with Crippen LogP contribution in [0.1, 0.15) is 18.1 Å². The van der Waals surface area contributed by atoms with E-state index in [1.807, 2.05) is 37.1 Å². The lowest BCUT2D eigenvalue weighted by Crippen LogP contribution is -2.30. The Labute approximate surface area is 164 Å². The molecular weight excluding hydrogens is 362 g/mol. The maximum Gasteiger partial charge on any atom is 0.271 e. The first-order valence-corrected chi connectivity index (χ1v) is 8.87. The quantitative estimate of drug-likeness (QED) is 0.524. The maximum atomic E-state index is 12.3. The van der Waals surface area contributed by atoms with E-state index in [1.54, 1.807) is 20.1 Å². The van der Waals surface area contributed by atoms with Crippen molar-refractivity contribution in [3.8, 4) is 11.5 Å². The summed E-state index contributed by atoms with van der Waals surface area (Å²) in [6.07, 6.45) is 0. The molecule has 0 aliphatic heterocycles. The van der Waals surface area contributed by atoms with Crippen LogP contribution in [0, 0.1) is 17.0 Å². The molecule has 2 aromatic rings. The number of methoxy groups -OCH3 is 1. The number of anilines is 1. The maximum absolute atomic E-state index is 12.3. The van der Waals surface area contributed by atoms with Crippen LogP contribution < -0.4 is 14.8 Å². The Balaban J connectivity index is 1.99. The molecule has 1 N–H and O–H groups in total. The number of nitro benzene ring substituents is 1. The number of ether oxygens (including phenoxy) is 2. The monoisotopic (exact) mass is 387 g/mol. The molecule has 0 aromatic heterocycles. The van der Waals surface area contributed by atoms with Crippen LogP contribution >= 0.6 is 0 Å². The summed E-state index contributed by atoms with van der Waals surface area (Å²) in [4.78, 5) is 24.6. The Morgan fingerprint density at radius 3 is 2.61 bits per heavy atom. The number of benzene rings is 2. The molecule has 0 atom stereocenters. The molecule has 0 fully saturated rings. The second kappa shape index (κ2) is 9.70. The zero-order chi connectivity index (χ0) is 20.7. The number of likely N-dealkylation sites (N-methyl/N-ethyl adjacent to an activating group) is 1. The first-order chi connectivity index (χ1) is 13.3. The number of amides is 1. The van der Waals surface area contributed by atoms with Crippen molar-refractivity contribution in [3.05, 3.63) is 57.6 Å². The van der Waals surface area contributed by atoms with Crippen LogP contribution in [0.2, 0.25) is 0 Å². The predicted octanol–water partition coefficient (Wildman–Crippen LogP) is 3.38. The van der Waals surface area contributed by atoms with Gasteiger partial charge in [-0.2, -0.15) is 0 Å². The largest absolute Gasteiger partial charge is 0.493 e. The van der Waals surface area contributed by atoms with E-state index in [2.05, 4.69) is 5.32 Å². The number of hydrogen-bond acceptors (Lipinski definition) is 6. The molecule has 0 saturated heterocycles. The number of non-ortho nitro benzene ring substituents is 1. The molecule has 0 bridgehead atoms. The number of hydrogen-bond donors (Lipinski definition) is 1. The van der Waals surface area contributed by atoms with Gasteiger partial charge in [-0.25, -0.2) is 0 Å². The van der Waals surface area contributed by atoms with Crippen LogP contribution in [0.25, 0.3) is 0 Å². The highest BCUT2D eigenvalue weighted by atomic mass is 16.6. The molecule has 8 nitrogen and oxygen atoms in total. The summed E-state index contributed by atoms with van der Waals surface area (Å²) < 4.78 is 10.9. The molecule has 2 aromatic carbocycles. The van der Waals surface area contributed by atoms with Crippen LogP contribution in [-0.2, 0) is 11.3 Å². The van der Waals surface area contributed by atoms with E-state index in [4.69, 9.17) is 9.47 Å². The average Bonchev–Trinajstić information content (AvgIpc) is 2.64. The van der Waals surface area contributed by atoms with Gasteiger partial charge in [-0.1, -0.05) is 12.1 Å². The third-order valence-electron chi connectivity index (χ3n) is 4.10.